The first-order chi connectivity index (χ1) is 18.3. The van der Waals surface area contributed by atoms with Crippen molar-refractivity contribution in [3.05, 3.63) is 59.7 Å². The molecule has 2 fully saturated rings. The minimum Gasteiger partial charge on any atom is -0.480 e. The van der Waals surface area contributed by atoms with Gasteiger partial charge in [-0.3, -0.25) is 4.79 Å². The quantitative estimate of drug-likeness (QED) is 0.330. The summed E-state index contributed by atoms with van der Waals surface area (Å²) in [5, 5.41) is 12.0. The normalized spacial score (nSPS) is 22.6. The predicted octanol–water partition coefficient (Wildman–Crippen LogP) is 5.00. The summed E-state index contributed by atoms with van der Waals surface area (Å²) in [6.07, 6.45) is 5.64. The van der Waals surface area contributed by atoms with E-state index >= 15 is 0 Å². The highest BCUT2D eigenvalue weighted by atomic mass is 16.4. The molecule has 4 atom stereocenters. The minimum absolute atomic E-state index is 0.0623. The number of rotatable bonds is 11. The molecular weight excluding hydrogens is 478 g/mol. The van der Waals surface area contributed by atoms with E-state index in [9.17, 15) is 14.7 Å². The summed E-state index contributed by atoms with van der Waals surface area (Å²) >= 11 is 0. The lowest BCUT2D eigenvalue weighted by Gasteiger charge is -2.32. The first-order valence-corrected chi connectivity index (χ1v) is 14.1. The van der Waals surface area contributed by atoms with Crippen molar-refractivity contribution in [1.29, 1.82) is 0 Å². The Hall–Kier alpha value is -2.78. The van der Waals surface area contributed by atoms with E-state index in [1.54, 1.807) is 4.90 Å². The molecule has 1 amide bonds. The van der Waals surface area contributed by atoms with E-state index in [-0.39, 0.29) is 24.5 Å². The molecule has 38 heavy (non-hydrogen) atoms. The molecule has 2 aliphatic rings. The van der Waals surface area contributed by atoms with Gasteiger partial charge >= 0.3 is 5.97 Å². The van der Waals surface area contributed by atoms with E-state index in [0.717, 1.165) is 35.1 Å². The second-order valence-corrected chi connectivity index (χ2v) is 11.1. The van der Waals surface area contributed by atoms with Crippen molar-refractivity contribution in [3.8, 4) is 11.1 Å². The van der Waals surface area contributed by atoms with Gasteiger partial charge in [0, 0.05) is 19.0 Å². The number of hydrogen-bond acceptors (Lipinski definition) is 6. The SMILES string of the molecule is CCCCC(=O)N(Cc1ccc(-c2ccccc2C2NNN(C3CCCC3C)N2)cc1)C(C(=O)O)C(C)C. The van der Waals surface area contributed by atoms with Crippen LogP contribution < -0.4 is 16.4 Å². The highest BCUT2D eigenvalue weighted by Gasteiger charge is 2.35. The number of nitrogens with zero attached hydrogens (tertiary/aromatic N) is 2. The molecule has 0 bridgehead atoms. The van der Waals surface area contributed by atoms with Gasteiger partial charge in [0.2, 0.25) is 5.91 Å². The Balaban J connectivity index is 1.52. The van der Waals surface area contributed by atoms with E-state index in [2.05, 4.69) is 58.8 Å². The average Bonchev–Trinajstić information content (AvgIpc) is 3.56. The van der Waals surface area contributed by atoms with Crippen molar-refractivity contribution in [2.75, 3.05) is 0 Å². The number of carbonyl (C=O) groups is 2. The molecule has 206 valence electrons. The monoisotopic (exact) mass is 521 g/mol. The molecule has 4 N–H and O–H groups in total. The van der Waals surface area contributed by atoms with Crippen molar-refractivity contribution in [2.45, 2.75) is 91.0 Å². The summed E-state index contributed by atoms with van der Waals surface area (Å²) in [5.74, 6) is -0.602. The highest BCUT2D eigenvalue weighted by Crippen LogP contribution is 2.32. The number of carboxylic acid groups (broad SMARTS) is 1. The zero-order chi connectivity index (χ0) is 27.2. The number of carboxylic acids is 1. The van der Waals surface area contributed by atoms with Crippen LogP contribution in [0.25, 0.3) is 11.1 Å². The predicted molar refractivity (Wildman–Crippen MR) is 149 cm³/mol. The molecule has 0 spiro atoms. The van der Waals surface area contributed by atoms with Crippen molar-refractivity contribution < 1.29 is 14.7 Å². The number of hydrogen-bond donors (Lipinski definition) is 4. The average molecular weight is 522 g/mol. The van der Waals surface area contributed by atoms with Crippen LogP contribution in [0, 0.1) is 11.8 Å². The van der Waals surface area contributed by atoms with Gasteiger partial charge in [-0.1, -0.05) is 89.1 Å². The Bertz CT molecular complexity index is 1090. The number of aliphatic carboxylic acids is 1. The lowest BCUT2D eigenvalue weighted by Crippen LogP contribution is -2.48. The van der Waals surface area contributed by atoms with Crippen LogP contribution in [0.5, 0.6) is 0 Å². The van der Waals surface area contributed by atoms with Crippen LogP contribution >= 0.6 is 0 Å². The summed E-state index contributed by atoms with van der Waals surface area (Å²) < 4.78 is 0. The fraction of sp³-hybridized carbons (Fsp3) is 0.533. The topological polar surface area (TPSA) is 96.9 Å². The van der Waals surface area contributed by atoms with Crippen molar-refractivity contribution >= 4 is 11.9 Å². The molecule has 2 aromatic rings. The van der Waals surface area contributed by atoms with Crippen LogP contribution in [-0.4, -0.2) is 39.1 Å². The smallest absolute Gasteiger partial charge is 0.326 e. The number of benzene rings is 2. The maximum atomic E-state index is 13.0. The maximum Gasteiger partial charge on any atom is 0.326 e. The molecule has 0 aromatic heterocycles. The van der Waals surface area contributed by atoms with Gasteiger partial charge in [-0.2, -0.15) is 10.7 Å². The summed E-state index contributed by atoms with van der Waals surface area (Å²) in [5.41, 5.74) is 14.6. The fourth-order valence-electron chi connectivity index (χ4n) is 5.76. The van der Waals surface area contributed by atoms with Gasteiger partial charge in [0.1, 0.15) is 12.2 Å². The molecule has 8 nitrogen and oxygen atoms in total. The number of amides is 1. The molecule has 8 heteroatoms. The molecule has 2 aromatic carbocycles. The molecule has 1 aliphatic carbocycles. The molecule has 1 saturated heterocycles. The second kappa shape index (κ2) is 12.8. The number of hydrazine groups is 3. The summed E-state index contributed by atoms with van der Waals surface area (Å²) in [4.78, 5) is 26.6. The number of unbranched alkanes of at least 4 members (excludes halogenated alkanes) is 1. The van der Waals surface area contributed by atoms with E-state index in [1.165, 1.54) is 19.3 Å². The van der Waals surface area contributed by atoms with Crippen molar-refractivity contribution in [1.82, 2.24) is 26.4 Å². The van der Waals surface area contributed by atoms with Crippen LogP contribution in [-0.2, 0) is 16.1 Å². The second-order valence-electron chi connectivity index (χ2n) is 11.1. The first-order valence-electron chi connectivity index (χ1n) is 14.1. The summed E-state index contributed by atoms with van der Waals surface area (Å²) in [7, 11) is 0. The van der Waals surface area contributed by atoms with E-state index in [1.807, 2.05) is 39.0 Å². The third-order valence-electron chi connectivity index (χ3n) is 7.92. The molecule has 1 saturated carbocycles. The summed E-state index contributed by atoms with van der Waals surface area (Å²) in [6, 6.07) is 16.1. The molecule has 4 unspecified atom stereocenters. The third kappa shape index (κ3) is 6.43. The van der Waals surface area contributed by atoms with E-state index in [0.29, 0.717) is 18.4 Å². The third-order valence-corrected chi connectivity index (χ3v) is 7.92. The number of carbonyl (C=O) groups excluding carboxylic acids is 1. The van der Waals surface area contributed by atoms with Gasteiger partial charge in [-0.05, 0) is 53.4 Å². The van der Waals surface area contributed by atoms with Crippen molar-refractivity contribution in [2.24, 2.45) is 11.8 Å². The first kappa shape index (κ1) is 28.2. The fourth-order valence-corrected chi connectivity index (χ4v) is 5.76. The van der Waals surface area contributed by atoms with Gasteiger partial charge < -0.3 is 10.0 Å². The Morgan fingerprint density at radius 3 is 2.47 bits per heavy atom. The Morgan fingerprint density at radius 2 is 1.84 bits per heavy atom. The van der Waals surface area contributed by atoms with E-state index in [4.69, 9.17) is 0 Å². The van der Waals surface area contributed by atoms with E-state index < -0.39 is 12.0 Å². The van der Waals surface area contributed by atoms with Gasteiger partial charge in [0.05, 0.1) is 0 Å². The largest absolute Gasteiger partial charge is 0.480 e. The Kier molecular flexibility index (Phi) is 9.54. The van der Waals surface area contributed by atoms with Gasteiger partial charge in [-0.25, -0.2) is 15.6 Å². The van der Waals surface area contributed by atoms with Crippen LogP contribution in [0.3, 0.4) is 0 Å². The summed E-state index contributed by atoms with van der Waals surface area (Å²) in [6.45, 7) is 8.33. The lowest BCUT2D eigenvalue weighted by atomic mass is 9.96. The Morgan fingerprint density at radius 1 is 1.11 bits per heavy atom. The molecule has 1 aliphatic heterocycles. The highest BCUT2D eigenvalue weighted by molar-refractivity contribution is 5.84. The van der Waals surface area contributed by atoms with Gasteiger partial charge in [0.15, 0.2) is 0 Å². The molecule has 0 radical (unpaired) electrons. The van der Waals surface area contributed by atoms with Crippen molar-refractivity contribution in [3.63, 3.8) is 0 Å². The molecule has 4 rings (SSSR count). The molecular formula is C30H43N5O3. The van der Waals surface area contributed by atoms with Gasteiger partial charge in [-0.15, -0.1) is 0 Å². The van der Waals surface area contributed by atoms with Crippen LogP contribution in [0.2, 0.25) is 0 Å². The van der Waals surface area contributed by atoms with Crippen LogP contribution in [0.4, 0.5) is 0 Å². The zero-order valence-electron chi connectivity index (χ0n) is 23.1. The standard InChI is InChI=1S/C30H43N5O3/c1-5-6-14-27(36)34(28(20(2)3)30(37)38)19-22-15-17-23(18-16-22)24-11-7-8-12-25(24)29-31-33-35(32-29)26-13-9-10-21(26)4/h7-8,11-12,15-18,20-21,26,28-29,31-33H,5-6,9-10,13-14,19H2,1-4H3,(H,37,38). The van der Waals surface area contributed by atoms with Gasteiger partial charge in [0.25, 0.3) is 0 Å². The number of nitrogens with one attached hydrogen (secondary N) is 3. The zero-order valence-corrected chi connectivity index (χ0v) is 23.1. The molecule has 1 heterocycles. The van der Waals surface area contributed by atoms with Crippen LogP contribution in [0.15, 0.2) is 48.5 Å². The minimum atomic E-state index is -0.957. The lowest BCUT2D eigenvalue weighted by molar-refractivity contribution is -0.153. The van der Waals surface area contributed by atoms with Crippen LogP contribution in [0.1, 0.15) is 83.5 Å². The Labute approximate surface area is 226 Å². The maximum absolute atomic E-state index is 13.0.